The first-order valence-electron chi connectivity index (χ1n) is 9.66. The fourth-order valence-electron chi connectivity index (χ4n) is 3.28. The number of hydrogen-bond donors (Lipinski definition) is 2. The number of ether oxygens (including phenoxy) is 1. The van der Waals surface area contributed by atoms with Gasteiger partial charge in [0, 0.05) is 17.3 Å². The molecule has 28 heavy (non-hydrogen) atoms. The Morgan fingerprint density at radius 1 is 1.07 bits per heavy atom. The molecule has 0 radical (unpaired) electrons. The first-order valence-corrected chi connectivity index (χ1v) is 10.0. The lowest BCUT2D eigenvalue weighted by atomic mass is 9.95. The van der Waals surface area contributed by atoms with Crippen LogP contribution in [0.5, 0.6) is 5.75 Å². The van der Waals surface area contributed by atoms with Crippen molar-refractivity contribution in [1.82, 2.24) is 5.32 Å². The van der Waals surface area contributed by atoms with Gasteiger partial charge in [-0.2, -0.15) is 0 Å². The van der Waals surface area contributed by atoms with Crippen LogP contribution in [0.2, 0.25) is 5.02 Å². The summed E-state index contributed by atoms with van der Waals surface area (Å²) in [6, 6.07) is 14.2. The van der Waals surface area contributed by atoms with Crippen molar-refractivity contribution < 1.29 is 14.3 Å². The number of carbonyl (C=O) groups is 2. The second-order valence-corrected chi connectivity index (χ2v) is 7.48. The SMILES string of the molecule is CC(Oc1ccccc1Cl)C(=O)Nc1cccc(C(=O)NC2CCCCC2)c1. The van der Waals surface area contributed by atoms with E-state index in [4.69, 9.17) is 16.3 Å². The Bertz CT molecular complexity index is 834. The first kappa shape index (κ1) is 20.2. The third-order valence-electron chi connectivity index (χ3n) is 4.84. The number of anilines is 1. The van der Waals surface area contributed by atoms with Crippen molar-refractivity contribution >= 4 is 29.1 Å². The molecule has 2 N–H and O–H groups in total. The Kier molecular flexibility index (Phi) is 6.93. The summed E-state index contributed by atoms with van der Waals surface area (Å²) < 4.78 is 5.63. The van der Waals surface area contributed by atoms with Gasteiger partial charge in [0.2, 0.25) is 0 Å². The Morgan fingerprint density at radius 2 is 1.82 bits per heavy atom. The van der Waals surface area contributed by atoms with Crippen LogP contribution in [0.4, 0.5) is 5.69 Å². The van der Waals surface area contributed by atoms with Crippen LogP contribution >= 0.6 is 11.6 Å². The molecule has 2 aromatic rings. The molecule has 2 aromatic carbocycles. The largest absolute Gasteiger partial charge is 0.479 e. The second-order valence-electron chi connectivity index (χ2n) is 7.07. The number of amides is 2. The highest BCUT2D eigenvalue weighted by molar-refractivity contribution is 6.32. The molecule has 0 heterocycles. The van der Waals surface area contributed by atoms with Gasteiger partial charge >= 0.3 is 0 Å². The van der Waals surface area contributed by atoms with E-state index in [1.807, 2.05) is 0 Å². The minimum atomic E-state index is -0.736. The fraction of sp³-hybridized carbons (Fsp3) is 0.364. The van der Waals surface area contributed by atoms with Crippen molar-refractivity contribution in [3.05, 3.63) is 59.1 Å². The number of hydrogen-bond acceptors (Lipinski definition) is 3. The van der Waals surface area contributed by atoms with Crippen LogP contribution < -0.4 is 15.4 Å². The maximum absolute atomic E-state index is 12.5. The average Bonchev–Trinajstić information content (AvgIpc) is 2.70. The summed E-state index contributed by atoms with van der Waals surface area (Å²) in [5.41, 5.74) is 1.08. The molecule has 0 bridgehead atoms. The predicted molar refractivity (Wildman–Crippen MR) is 111 cm³/mol. The molecule has 0 aliphatic heterocycles. The average molecular weight is 401 g/mol. The zero-order chi connectivity index (χ0) is 19.9. The van der Waals surface area contributed by atoms with Gasteiger partial charge in [-0.1, -0.05) is 49.1 Å². The Balaban J connectivity index is 1.59. The van der Waals surface area contributed by atoms with Gasteiger partial charge in [0.1, 0.15) is 5.75 Å². The monoisotopic (exact) mass is 400 g/mol. The Morgan fingerprint density at radius 3 is 2.57 bits per heavy atom. The van der Waals surface area contributed by atoms with Gasteiger partial charge in [0.25, 0.3) is 11.8 Å². The van der Waals surface area contributed by atoms with Crippen LogP contribution in [0.1, 0.15) is 49.4 Å². The van der Waals surface area contributed by atoms with Crippen LogP contribution in [-0.2, 0) is 4.79 Å². The van der Waals surface area contributed by atoms with E-state index in [0.717, 1.165) is 25.7 Å². The molecule has 0 saturated heterocycles. The smallest absolute Gasteiger partial charge is 0.265 e. The van der Waals surface area contributed by atoms with Gasteiger partial charge in [-0.25, -0.2) is 0 Å². The number of nitrogens with one attached hydrogen (secondary N) is 2. The number of carbonyl (C=O) groups excluding carboxylic acids is 2. The van der Waals surface area contributed by atoms with E-state index in [9.17, 15) is 9.59 Å². The van der Waals surface area contributed by atoms with Crippen molar-refractivity contribution in [2.45, 2.75) is 51.2 Å². The summed E-state index contributed by atoms with van der Waals surface area (Å²) in [5.74, 6) is 0.0283. The molecule has 2 amide bonds. The van der Waals surface area contributed by atoms with E-state index in [0.29, 0.717) is 22.0 Å². The minimum absolute atomic E-state index is 0.108. The summed E-state index contributed by atoms with van der Waals surface area (Å²) in [5, 5.41) is 6.33. The van der Waals surface area contributed by atoms with Crippen molar-refractivity contribution in [1.29, 1.82) is 0 Å². The molecule has 0 aromatic heterocycles. The van der Waals surface area contributed by atoms with E-state index < -0.39 is 6.10 Å². The van der Waals surface area contributed by atoms with E-state index in [1.165, 1.54) is 6.42 Å². The highest BCUT2D eigenvalue weighted by atomic mass is 35.5. The zero-order valence-electron chi connectivity index (χ0n) is 15.9. The van der Waals surface area contributed by atoms with Crippen molar-refractivity contribution in [2.24, 2.45) is 0 Å². The van der Waals surface area contributed by atoms with E-state index >= 15 is 0 Å². The fourth-order valence-corrected chi connectivity index (χ4v) is 3.46. The molecular formula is C22H25ClN2O3. The summed E-state index contributed by atoms with van der Waals surface area (Å²) in [4.78, 5) is 24.9. The van der Waals surface area contributed by atoms with Crippen LogP contribution in [0.3, 0.4) is 0 Å². The molecule has 1 fully saturated rings. The van der Waals surface area contributed by atoms with Crippen LogP contribution in [0.15, 0.2) is 48.5 Å². The van der Waals surface area contributed by atoms with Gasteiger partial charge in [0.15, 0.2) is 6.10 Å². The van der Waals surface area contributed by atoms with Gasteiger partial charge in [0.05, 0.1) is 5.02 Å². The number of rotatable bonds is 6. The van der Waals surface area contributed by atoms with E-state index in [2.05, 4.69) is 10.6 Å². The molecule has 0 spiro atoms. The highest BCUT2D eigenvalue weighted by Gasteiger charge is 2.19. The van der Waals surface area contributed by atoms with Crippen molar-refractivity contribution in [3.8, 4) is 5.75 Å². The quantitative estimate of drug-likeness (QED) is 0.731. The maximum Gasteiger partial charge on any atom is 0.265 e. The lowest BCUT2D eigenvalue weighted by Gasteiger charge is -2.22. The van der Waals surface area contributed by atoms with Crippen molar-refractivity contribution in [2.75, 3.05) is 5.32 Å². The third kappa shape index (κ3) is 5.49. The number of halogens is 1. The van der Waals surface area contributed by atoms with Gasteiger partial charge in [-0.05, 0) is 50.1 Å². The topological polar surface area (TPSA) is 67.4 Å². The van der Waals surface area contributed by atoms with Gasteiger partial charge in [-0.3, -0.25) is 9.59 Å². The molecule has 5 nitrogen and oxygen atoms in total. The molecule has 1 unspecified atom stereocenters. The van der Waals surface area contributed by atoms with Gasteiger partial charge < -0.3 is 15.4 Å². The van der Waals surface area contributed by atoms with Crippen LogP contribution in [0, 0.1) is 0 Å². The summed E-state index contributed by atoms with van der Waals surface area (Å²) in [6.45, 7) is 1.65. The van der Waals surface area contributed by atoms with E-state index in [-0.39, 0.29) is 17.9 Å². The molecule has 3 rings (SSSR count). The molecule has 1 atom stereocenters. The normalized spacial score (nSPS) is 15.5. The standard InChI is InChI=1S/C22H25ClN2O3/c1-15(28-20-13-6-5-12-19(20)23)21(26)25-18-11-7-8-16(14-18)22(27)24-17-9-3-2-4-10-17/h5-8,11-15,17H,2-4,9-10H2,1H3,(H,24,27)(H,25,26). The zero-order valence-corrected chi connectivity index (χ0v) is 16.7. The Hall–Kier alpha value is -2.53. The number of para-hydroxylation sites is 1. The van der Waals surface area contributed by atoms with E-state index in [1.54, 1.807) is 55.5 Å². The molecule has 1 saturated carbocycles. The van der Waals surface area contributed by atoms with Crippen LogP contribution in [-0.4, -0.2) is 24.0 Å². The molecule has 1 aliphatic carbocycles. The third-order valence-corrected chi connectivity index (χ3v) is 5.15. The van der Waals surface area contributed by atoms with Crippen molar-refractivity contribution in [3.63, 3.8) is 0 Å². The van der Waals surface area contributed by atoms with Crippen LogP contribution in [0.25, 0.3) is 0 Å². The summed E-state index contributed by atoms with van der Waals surface area (Å²) in [7, 11) is 0. The number of benzene rings is 2. The van der Waals surface area contributed by atoms with Gasteiger partial charge in [-0.15, -0.1) is 0 Å². The summed E-state index contributed by atoms with van der Waals surface area (Å²) >= 11 is 6.07. The lowest BCUT2D eigenvalue weighted by molar-refractivity contribution is -0.122. The molecule has 1 aliphatic rings. The molecule has 148 valence electrons. The minimum Gasteiger partial charge on any atom is -0.479 e. The predicted octanol–water partition coefficient (Wildman–Crippen LogP) is 4.81. The molecular weight excluding hydrogens is 376 g/mol. The Labute approximate surface area is 170 Å². The summed E-state index contributed by atoms with van der Waals surface area (Å²) in [6.07, 6.45) is 4.87. The maximum atomic E-state index is 12.5. The first-order chi connectivity index (χ1) is 13.5. The highest BCUT2D eigenvalue weighted by Crippen LogP contribution is 2.24. The molecule has 6 heteroatoms. The lowest BCUT2D eigenvalue weighted by Crippen LogP contribution is -2.36. The second kappa shape index (κ2) is 9.60.